The summed E-state index contributed by atoms with van der Waals surface area (Å²) >= 11 is 1.23. The zero-order valence-electron chi connectivity index (χ0n) is 11.5. The van der Waals surface area contributed by atoms with Crippen molar-refractivity contribution < 1.29 is 9.50 Å². The first kappa shape index (κ1) is 14.8. The highest BCUT2D eigenvalue weighted by Gasteiger charge is 2.16. The molecule has 108 valence electrons. The Balaban J connectivity index is 2.47. The molecule has 1 unspecified atom stereocenters. The molecule has 0 amide bonds. The number of benzene rings is 1. The van der Waals surface area contributed by atoms with E-state index in [9.17, 15) is 14.3 Å². The lowest BCUT2D eigenvalue weighted by atomic mass is 10.1. The quantitative estimate of drug-likeness (QED) is 0.908. The van der Waals surface area contributed by atoms with Gasteiger partial charge >= 0.3 is 5.69 Å². The molecule has 1 heterocycles. The molecule has 0 aliphatic carbocycles. The maximum Gasteiger partial charge on any atom is 0.343 e. The molecular formula is C13H16FN3O2S. The van der Waals surface area contributed by atoms with E-state index in [4.69, 9.17) is 0 Å². The molecule has 2 N–H and O–H groups in total. The number of hydrogen-bond acceptors (Lipinski definition) is 4. The minimum atomic E-state index is -0.798. The fourth-order valence-corrected chi connectivity index (χ4v) is 3.04. The Labute approximate surface area is 119 Å². The number of aryl methyl sites for hydroxylation is 1. The van der Waals surface area contributed by atoms with E-state index in [1.807, 2.05) is 6.92 Å². The molecule has 2 aromatic rings. The van der Waals surface area contributed by atoms with E-state index >= 15 is 0 Å². The molecule has 0 spiro atoms. The van der Waals surface area contributed by atoms with Crippen LogP contribution in [0.2, 0.25) is 0 Å². The van der Waals surface area contributed by atoms with Crippen molar-refractivity contribution in [2.75, 3.05) is 0 Å². The molecule has 1 aromatic heterocycles. The van der Waals surface area contributed by atoms with Crippen LogP contribution in [0.1, 0.15) is 31.1 Å². The molecule has 1 aromatic carbocycles. The number of rotatable bonds is 4. The molecule has 0 saturated heterocycles. The highest BCUT2D eigenvalue weighted by Crippen LogP contribution is 2.33. The smallest absolute Gasteiger partial charge is 0.343 e. The Morgan fingerprint density at radius 1 is 1.55 bits per heavy atom. The molecular weight excluding hydrogens is 281 g/mol. The first-order valence-electron chi connectivity index (χ1n) is 6.25. The van der Waals surface area contributed by atoms with E-state index < -0.39 is 6.10 Å². The molecule has 20 heavy (non-hydrogen) atoms. The van der Waals surface area contributed by atoms with Crippen molar-refractivity contribution in [3.05, 3.63) is 39.6 Å². The number of aromatic amines is 1. The van der Waals surface area contributed by atoms with Crippen molar-refractivity contribution in [1.29, 1.82) is 0 Å². The number of H-pyrrole nitrogens is 1. The minimum Gasteiger partial charge on any atom is -0.389 e. The lowest BCUT2D eigenvalue weighted by molar-refractivity contribution is 0.196. The van der Waals surface area contributed by atoms with Gasteiger partial charge in [-0.3, -0.25) is 4.57 Å². The van der Waals surface area contributed by atoms with E-state index in [2.05, 4.69) is 10.2 Å². The van der Waals surface area contributed by atoms with Crippen LogP contribution < -0.4 is 5.69 Å². The molecule has 7 heteroatoms. The molecule has 0 fully saturated rings. The van der Waals surface area contributed by atoms with Crippen molar-refractivity contribution >= 4 is 11.8 Å². The van der Waals surface area contributed by atoms with Crippen molar-refractivity contribution in [2.45, 2.75) is 43.5 Å². The first-order valence-corrected chi connectivity index (χ1v) is 7.06. The predicted octanol–water partition coefficient (Wildman–Crippen LogP) is 2.24. The number of aromatic nitrogens is 3. The van der Waals surface area contributed by atoms with Gasteiger partial charge in [0.05, 0.1) is 6.10 Å². The highest BCUT2D eigenvalue weighted by atomic mass is 32.2. The standard InChI is InChI=1S/C13H16FN3O2S/c1-4-17-12(19)15-16-13(17)20-11-5-7(2)10(14)6-9(11)8(3)18/h5-6,8,18H,4H2,1-3H3,(H,15,19). The molecule has 1 atom stereocenters. The summed E-state index contributed by atoms with van der Waals surface area (Å²) in [6.07, 6.45) is -0.798. The number of aliphatic hydroxyl groups is 1. The van der Waals surface area contributed by atoms with Gasteiger partial charge in [0.15, 0.2) is 5.16 Å². The fraction of sp³-hybridized carbons (Fsp3) is 0.385. The van der Waals surface area contributed by atoms with Gasteiger partial charge in [0.2, 0.25) is 0 Å². The normalized spacial score (nSPS) is 12.7. The molecule has 0 aliphatic rings. The summed E-state index contributed by atoms with van der Waals surface area (Å²) in [4.78, 5) is 12.2. The topological polar surface area (TPSA) is 70.9 Å². The van der Waals surface area contributed by atoms with Gasteiger partial charge in [-0.05, 0) is 55.8 Å². The van der Waals surface area contributed by atoms with Crippen LogP contribution in [0.3, 0.4) is 0 Å². The average Bonchev–Trinajstić information content (AvgIpc) is 2.73. The van der Waals surface area contributed by atoms with Crippen molar-refractivity contribution in [3.8, 4) is 0 Å². The second-order valence-corrected chi connectivity index (χ2v) is 5.48. The van der Waals surface area contributed by atoms with Crippen LogP contribution in [0.15, 0.2) is 27.0 Å². The van der Waals surface area contributed by atoms with Crippen LogP contribution in [0, 0.1) is 12.7 Å². The summed E-state index contributed by atoms with van der Waals surface area (Å²) in [6, 6.07) is 2.98. The van der Waals surface area contributed by atoms with Gasteiger partial charge in [0.1, 0.15) is 5.82 Å². The van der Waals surface area contributed by atoms with Crippen LogP contribution in [0.5, 0.6) is 0 Å². The fourth-order valence-electron chi connectivity index (χ4n) is 1.84. The van der Waals surface area contributed by atoms with Gasteiger partial charge in [-0.2, -0.15) is 0 Å². The van der Waals surface area contributed by atoms with E-state index in [0.29, 0.717) is 27.7 Å². The van der Waals surface area contributed by atoms with Crippen LogP contribution in [0.4, 0.5) is 4.39 Å². The summed E-state index contributed by atoms with van der Waals surface area (Å²) in [5.74, 6) is -0.361. The van der Waals surface area contributed by atoms with Gasteiger partial charge in [0, 0.05) is 11.4 Å². The summed E-state index contributed by atoms with van der Waals surface area (Å²) in [7, 11) is 0. The van der Waals surface area contributed by atoms with E-state index in [0.717, 1.165) is 0 Å². The van der Waals surface area contributed by atoms with Gasteiger partial charge in [-0.25, -0.2) is 14.3 Å². The molecule has 0 bridgehead atoms. The Bertz CT molecular complexity index is 679. The molecule has 0 saturated carbocycles. The monoisotopic (exact) mass is 297 g/mol. The Hall–Kier alpha value is -1.60. The third-order valence-electron chi connectivity index (χ3n) is 2.98. The molecule has 5 nitrogen and oxygen atoms in total. The minimum absolute atomic E-state index is 0.285. The third kappa shape index (κ3) is 2.78. The Kier molecular flexibility index (Phi) is 4.29. The van der Waals surface area contributed by atoms with Crippen LogP contribution >= 0.6 is 11.8 Å². The van der Waals surface area contributed by atoms with E-state index in [1.165, 1.54) is 22.4 Å². The molecule has 0 aliphatic heterocycles. The maximum atomic E-state index is 13.6. The number of nitrogens with zero attached hydrogens (tertiary/aromatic N) is 2. The molecule has 2 rings (SSSR count). The summed E-state index contributed by atoms with van der Waals surface area (Å²) in [5.41, 5.74) is 0.682. The van der Waals surface area contributed by atoms with Crippen molar-refractivity contribution in [3.63, 3.8) is 0 Å². The lowest BCUT2D eigenvalue weighted by Crippen LogP contribution is -2.16. The SMILES string of the molecule is CCn1c(Sc2cc(C)c(F)cc2C(C)O)n[nH]c1=O. The van der Waals surface area contributed by atoms with Gasteiger partial charge < -0.3 is 5.11 Å². The second-order valence-electron chi connectivity index (χ2n) is 4.47. The van der Waals surface area contributed by atoms with E-state index in [-0.39, 0.29) is 11.5 Å². The maximum absolute atomic E-state index is 13.6. The number of aliphatic hydroxyl groups excluding tert-OH is 1. The third-order valence-corrected chi connectivity index (χ3v) is 4.05. The largest absolute Gasteiger partial charge is 0.389 e. The Morgan fingerprint density at radius 2 is 2.25 bits per heavy atom. The summed E-state index contributed by atoms with van der Waals surface area (Å²) in [5, 5.41) is 16.6. The second kappa shape index (κ2) is 5.80. The highest BCUT2D eigenvalue weighted by molar-refractivity contribution is 7.99. The van der Waals surface area contributed by atoms with Crippen molar-refractivity contribution in [1.82, 2.24) is 14.8 Å². The van der Waals surface area contributed by atoms with Crippen LogP contribution in [-0.2, 0) is 6.54 Å². The van der Waals surface area contributed by atoms with Crippen molar-refractivity contribution in [2.24, 2.45) is 0 Å². The lowest BCUT2D eigenvalue weighted by Gasteiger charge is -2.13. The average molecular weight is 297 g/mol. The number of halogens is 1. The number of nitrogens with one attached hydrogen (secondary N) is 1. The summed E-state index contributed by atoms with van der Waals surface area (Å²) in [6.45, 7) is 5.56. The Morgan fingerprint density at radius 3 is 2.85 bits per heavy atom. The van der Waals surface area contributed by atoms with Gasteiger partial charge in [-0.1, -0.05) is 0 Å². The predicted molar refractivity (Wildman–Crippen MR) is 74.4 cm³/mol. The van der Waals surface area contributed by atoms with Crippen LogP contribution in [-0.4, -0.2) is 19.9 Å². The number of hydrogen-bond donors (Lipinski definition) is 2. The summed E-state index contributed by atoms with van der Waals surface area (Å²) < 4.78 is 15.1. The van der Waals surface area contributed by atoms with Gasteiger partial charge in [-0.15, -0.1) is 5.10 Å². The first-order chi connectivity index (χ1) is 9.43. The zero-order chi connectivity index (χ0) is 14.9. The van der Waals surface area contributed by atoms with E-state index in [1.54, 1.807) is 19.9 Å². The molecule has 0 radical (unpaired) electrons. The van der Waals surface area contributed by atoms with Gasteiger partial charge in [0.25, 0.3) is 0 Å². The zero-order valence-corrected chi connectivity index (χ0v) is 12.3. The van der Waals surface area contributed by atoms with Crippen LogP contribution in [0.25, 0.3) is 0 Å².